The number of benzene rings is 1. The number of amidine groups is 1. The van der Waals surface area contributed by atoms with Crippen LogP contribution in [0.15, 0.2) is 52.0 Å². The second kappa shape index (κ2) is 5.47. The molecule has 22 heavy (non-hydrogen) atoms. The minimum atomic E-state index is -3.97. The monoisotopic (exact) mass is 320 g/mol. The Morgan fingerprint density at radius 3 is 2.82 bits per heavy atom. The molecule has 1 aliphatic rings. The fourth-order valence-electron chi connectivity index (χ4n) is 2.19. The standard InChI is InChI=1S/C14H13FN4O2S/c1-2-17-19-12-6-5-11(15)8-13(12)22(20,21)18-14(19)10-4-3-7-16-9-10/h3-9,17H,2H2,1H3. The minimum Gasteiger partial charge on any atom is -0.264 e. The van der Waals surface area contributed by atoms with Crippen molar-refractivity contribution in [1.29, 1.82) is 0 Å². The van der Waals surface area contributed by atoms with Gasteiger partial charge in [-0.2, -0.15) is 8.42 Å². The fraction of sp³-hybridized carbons (Fsp3) is 0.143. The number of anilines is 1. The molecule has 6 nitrogen and oxygen atoms in total. The maximum absolute atomic E-state index is 13.4. The molecule has 1 N–H and O–H groups in total. The molecule has 2 heterocycles. The predicted molar refractivity (Wildman–Crippen MR) is 80.5 cm³/mol. The number of hydrazine groups is 1. The number of fused-ring (bicyclic) bond motifs is 1. The summed E-state index contributed by atoms with van der Waals surface area (Å²) < 4.78 is 41.9. The van der Waals surface area contributed by atoms with Gasteiger partial charge in [-0.15, -0.1) is 4.40 Å². The average molecular weight is 320 g/mol. The van der Waals surface area contributed by atoms with E-state index in [4.69, 9.17) is 0 Å². The number of sulfonamides is 1. The zero-order valence-electron chi connectivity index (χ0n) is 11.7. The number of pyridine rings is 1. The second-order valence-electron chi connectivity index (χ2n) is 4.59. The zero-order chi connectivity index (χ0) is 15.7. The summed E-state index contributed by atoms with van der Waals surface area (Å²) in [4.78, 5) is 3.82. The molecule has 0 saturated carbocycles. The van der Waals surface area contributed by atoms with Crippen molar-refractivity contribution in [2.24, 2.45) is 4.40 Å². The molecule has 0 unspecified atom stereocenters. The van der Waals surface area contributed by atoms with Crippen LogP contribution in [0.25, 0.3) is 0 Å². The van der Waals surface area contributed by atoms with Gasteiger partial charge < -0.3 is 0 Å². The third-order valence-electron chi connectivity index (χ3n) is 3.10. The summed E-state index contributed by atoms with van der Waals surface area (Å²) in [6.07, 6.45) is 3.11. The van der Waals surface area contributed by atoms with Crippen LogP contribution in [0.1, 0.15) is 12.5 Å². The van der Waals surface area contributed by atoms with E-state index in [2.05, 4.69) is 14.8 Å². The molecule has 3 rings (SSSR count). The zero-order valence-corrected chi connectivity index (χ0v) is 12.5. The molecule has 114 valence electrons. The highest BCUT2D eigenvalue weighted by molar-refractivity contribution is 7.90. The summed E-state index contributed by atoms with van der Waals surface area (Å²) in [5, 5.41) is 1.53. The lowest BCUT2D eigenvalue weighted by molar-refractivity contribution is 0.589. The lowest BCUT2D eigenvalue weighted by Gasteiger charge is -2.30. The van der Waals surface area contributed by atoms with Gasteiger partial charge in [0.1, 0.15) is 10.7 Å². The number of hydrogen-bond acceptors (Lipinski definition) is 5. The van der Waals surface area contributed by atoms with E-state index in [1.807, 2.05) is 6.92 Å². The highest BCUT2D eigenvalue weighted by Crippen LogP contribution is 2.32. The third kappa shape index (κ3) is 2.46. The van der Waals surface area contributed by atoms with Crippen LogP contribution in [0, 0.1) is 5.82 Å². The number of nitrogens with zero attached hydrogens (tertiary/aromatic N) is 3. The Morgan fingerprint density at radius 2 is 2.14 bits per heavy atom. The third-order valence-corrected chi connectivity index (χ3v) is 4.39. The highest BCUT2D eigenvalue weighted by Gasteiger charge is 2.32. The van der Waals surface area contributed by atoms with Crippen molar-refractivity contribution in [3.8, 4) is 0 Å². The van der Waals surface area contributed by atoms with E-state index in [-0.39, 0.29) is 10.7 Å². The van der Waals surface area contributed by atoms with Gasteiger partial charge in [-0.25, -0.2) is 9.82 Å². The van der Waals surface area contributed by atoms with Crippen molar-refractivity contribution in [2.75, 3.05) is 11.6 Å². The van der Waals surface area contributed by atoms with Crippen LogP contribution in [0.5, 0.6) is 0 Å². The Hall–Kier alpha value is -2.32. The van der Waals surface area contributed by atoms with Crippen LogP contribution in [0.3, 0.4) is 0 Å². The molecular formula is C14H13FN4O2S. The SMILES string of the molecule is CCNN1C(c2cccnc2)=NS(=O)(=O)c2cc(F)ccc21. The summed E-state index contributed by atoms with van der Waals surface area (Å²) in [5.41, 5.74) is 3.91. The van der Waals surface area contributed by atoms with E-state index in [1.54, 1.807) is 18.3 Å². The Balaban J connectivity index is 2.24. The molecule has 0 aliphatic carbocycles. The van der Waals surface area contributed by atoms with Crippen molar-refractivity contribution in [3.05, 3.63) is 54.1 Å². The minimum absolute atomic E-state index is 0.166. The first-order valence-electron chi connectivity index (χ1n) is 6.61. The van der Waals surface area contributed by atoms with Crippen LogP contribution in [0.2, 0.25) is 0 Å². The van der Waals surface area contributed by atoms with Crippen molar-refractivity contribution in [1.82, 2.24) is 10.4 Å². The fourth-order valence-corrected chi connectivity index (χ4v) is 3.39. The molecule has 0 amide bonds. The lowest BCUT2D eigenvalue weighted by Crippen LogP contribution is -2.46. The van der Waals surface area contributed by atoms with Crippen molar-refractivity contribution >= 4 is 21.5 Å². The number of halogens is 1. The maximum atomic E-state index is 13.4. The van der Waals surface area contributed by atoms with Crippen molar-refractivity contribution < 1.29 is 12.8 Å². The molecule has 0 saturated heterocycles. The maximum Gasteiger partial charge on any atom is 0.286 e. The molecule has 1 aromatic carbocycles. The van der Waals surface area contributed by atoms with E-state index >= 15 is 0 Å². The van der Waals surface area contributed by atoms with Crippen molar-refractivity contribution in [3.63, 3.8) is 0 Å². The summed E-state index contributed by atoms with van der Waals surface area (Å²) in [6, 6.07) is 6.99. The molecule has 0 bridgehead atoms. The molecule has 0 radical (unpaired) electrons. The Bertz CT molecular complexity index is 837. The van der Waals surface area contributed by atoms with Gasteiger partial charge in [0, 0.05) is 24.5 Å². The van der Waals surface area contributed by atoms with E-state index in [0.29, 0.717) is 17.8 Å². The van der Waals surface area contributed by atoms with Gasteiger partial charge in [-0.1, -0.05) is 6.92 Å². The van der Waals surface area contributed by atoms with Crippen molar-refractivity contribution in [2.45, 2.75) is 11.8 Å². The Morgan fingerprint density at radius 1 is 1.32 bits per heavy atom. The lowest BCUT2D eigenvalue weighted by atomic mass is 10.2. The first-order valence-corrected chi connectivity index (χ1v) is 8.05. The quantitative estimate of drug-likeness (QED) is 0.932. The summed E-state index contributed by atoms with van der Waals surface area (Å²) in [6.45, 7) is 2.41. The van der Waals surface area contributed by atoms with Crippen LogP contribution in [-0.2, 0) is 10.0 Å². The average Bonchev–Trinajstić information content (AvgIpc) is 2.51. The summed E-state index contributed by atoms with van der Waals surface area (Å²) >= 11 is 0. The van der Waals surface area contributed by atoms with E-state index < -0.39 is 15.8 Å². The molecular weight excluding hydrogens is 307 g/mol. The normalized spacial score (nSPS) is 16.1. The van der Waals surface area contributed by atoms with Crippen LogP contribution >= 0.6 is 0 Å². The molecule has 0 fully saturated rings. The second-order valence-corrected chi connectivity index (χ2v) is 6.16. The van der Waals surface area contributed by atoms with Gasteiger partial charge in [-0.05, 0) is 30.3 Å². The molecule has 2 aromatic rings. The van der Waals surface area contributed by atoms with Crippen LogP contribution < -0.4 is 10.4 Å². The molecule has 1 aromatic heterocycles. The molecule has 8 heteroatoms. The predicted octanol–water partition coefficient (Wildman–Crippen LogP) is 1.70. The molecule has 0 atom stereocenters. The highest BCUT2D eigenvalue weighted by atomic mass is 32.2. The first-order chi connectivity index (χ1) is 10.5. The smallest absolute Gasteiger partial charge is 0.264 e. The van der Waals surface area contributed by atoms with Crippen LogP contribution in [0.4, 0.5) is 10.1 Å². The number of hydrogen-bond donors (Lipinski definition) is 1. The number of rotatable bonds is 3. The van der Waals surface area contributed by atoms with Gasteiger partial charge in [0.15, 0.2) is 5.84 Å². The topological polar surface area (TPSA) is 74.7 Å². The van der Waals surface area contributed by atoms with E-state index in [0.717, 1.165) is 6.07 Å². The van der Waals surface area contributed by atoms with Crippen LogP contribution in [-0.4, -0.2) is 25.8 Å². The van der Waals surface area contributed by atoms with Gasteiger partial charge in [0.25, 0.3) is 10.0 Å². The van der Waals surface area contributed by atoms with Gasteiger partial charge in [0.05, 0.1) is 5.69 Å². The first kappa shape index (κ1) is 14.6. The van der Waals surface area contributed by atoms with Gasteiger partial charge >= 0.3 is 0 Å². The Kier molecular flexibility index (Phi) is 3.63. The van der Waals surface area contributed by atoms with Gasteiger partial charge in [0.2, 0.25) is 0 Å². The number of aromatic nitrogens is 1. The summed E-state index contributed by atoms with van der Waals surface area (Å²) in [7, 11) is -3.97. The molecule has 0 spiro atoms. The summed E-state index contributed by atoms with van der Waals surface area (Å²) in [5.74, 6) is -0.423. The largest absolute Gasteiger partial charge is 0.286 e. The van der Waals surface area contributed by atoms with E-state index in [1.165, 1.54) is 23.3 Å². The molecule has 1 aliphatic heterocycles. The Labute approximate surface area is 127 Å². The van der Waals surface area contributed by atoms with Gasteiger partial charge in [-0.3, -0.25) is 9.99 Å². The van der Waals surface area contributed by atoms with E-state index in [9.17, 15) is 12.8 Å². The number of nitrogens with one attached hydrogen (secondary N) is 1.